The van der Waals surface area contributed by atoms with E-state index >= 15 is 0 Å². The monoisotopic (exact) mass is 227 g/mol. The Bertz CT molecular complexity index is 374. The number of para-hydroxylation sites is 4. The Hall–Kier alpha value is -1.76. The molecule has 0 saturated carbocycles. The number of hydrogen-bond acceptors (Lipinski definition) is 4. The Morgan fingerprint density at radius 2 is 0.647 bits per heavy atom. The largest absolute Gasteiger partial charge is 0.504 e. The molecule has 0 unspecified atom stereocenters. The van der Waals surface area contributed by atoms with Gasteiger partial charge in [0.2, 0.25) is 0 Å². The quantitative estimate of drug-likeness (QED) is 0.408. The molecule has 85 valence electrons. The molecule has 2 rings (SSSR count). The van der Waals surface area contributed by atoms with E-state index in [9.17, 15) is 0 Å². The zero-order chi connectivity index (χ0) is 12.0. The first-order valence-electron chi connectivity index (χ1n) is 4.55. The maximum absolute atomic E-state index is 8.67. The van der Waals surface area contributed by atoms with E-state index in [0.29, 0.717) is 0 Å². The summed E-state index contributed by atoms with van der Waals surface area (Å²) in [6, 6.07) is 12.3. The SMILES string of the molecule is Oc1ccccc1O.Oc1ccccc1O.[Li]. The number of phenols is 4. The Morgan fingerprint density at radius 3 is 0.765 bits per heavy atom. The van der Waals surface area contributed by atoms with E-state index in [1.165, 1.54) is 24.3 Å². The molecule has 1 radical (unpaired) electrons. The average molecular weight is 227 g/mol. The molecule has 5 heteroatoms. The predicted molar refractivity (Wildman–Crippen MR) is 65.3 cm³/mol. The maximum atomic E-state index is 8.67. The number of phenolic OH excluding ortho intramolecular Hbond substituents is 4. The van der Waals surface area contributed by atoms with Gasteiger partial charge in [-0.2, -0.15) is 0 Å². The fraction of sp³-hybridized carbons (Fsp3) is 0. The van der Waals surface area contributed by atoms with Crippen molar-refractivity contribution in [2.24, 2.45) is 0 Å². The van der Waals surface area contributed by atoms with Crippen molar-refractivity contribution in [2.75, 3.05) is 0 Å². The van der Waals surface area contributed by atoms with E-state index in [-0.39, 0.29) is 41.9 Å². The summed E-state index contributed by atoms with van der Waals surface area (Å²) in [5.74, 6) is -0.306. The van der Waals surface area contributed by atoms with E-state index in [4.69, 9.17) is 20.4 Å². The molecule has 4 N–H and O–H groups in total. The minimum Gasteiger partial charge on any atom is -0.504 e. The maximum Gasteiger partial charge on any atom is 0.157 e. The molecule has 0 heterocycles. The molecule has 0 aliphatic carbocycles. The molecule has 0 spiro atoms. The van der Waals surface area contributed by atoms with Crippen LogP contribution in [0.25, 0.3) is 0 Å². The summed E-state index contributed by atoms with van der Waals surface area (Å²) in [4.78, 5) is 0. The van der Waals surface area contributed by atoms with Crippen LogP contribution < -0.4 is 0 Å². The molecule has 17 heavy (non-hydrogen) atoms. The second-order valence-corrected chi connectivity index (χ2v) is 2.98. The van der Waals surface area contributed by atoms with Gasteiger partial charge >= 0.3 is 0 Å². The van der Waals surface area contributed by atoms with Crippen molar-refractivity contribution in [3.05, 3.63) is 48.5 Å². The molecule has 0 aromatic heterocycles. The second-order valence-electron chi connectivity index (χ2n) is 2.98. The third-order valence-electron chi connectivity index (χ3n) is 1.76. The zero-order valence-corrected chi connectivity index (χ0v) is 9.41. The van der Waals surface area contributed by atoms with Gasteiger partial charge in [-0.15, -0.1) is 0 Å². The minimum atomic E-state index is -0.0764. The van der Waals surface area contributed by atoms with Crippen LogP contribution in [0.15, 0.2) is 48.5 Å². The van der Waals surface area contributed by atoms with Crippen molar-refractivity contribution in [1.29, 1.82) is 0 Å². The first-order chi connectivity index (χ1) is 7.61. The van der Waals surface area contributed by atoms with Crippen LogP contribution in [0.5, 0.6) is 23.0 Å². The number of benzene rings is 2. The van der Waals surface area contributed by atoms with Crippen molar-refractivity contribution in [3.63, 3.8) is 0 Å². The topological polar surface area (TPSA) is 80.9 Å². The molecule has 0 atom stereocenters. The van der Waals surface area contributed by atoms with Gasteiger partial charge in [0.25, 0.3) is 0 Å². The van der Waals surface area contributed by atoms with Crippen molar-refractivity contribution in [2.45, 2.75) is 0 Å². The van der Waals surface area contributed by atoms with Gasteiger partial charge in [-0.25, -0.2) is 0 Å². The summed E-state index contributed by atoms with van der Waals surface area (Å²) in [6.45, 7) is 0. The smallest absolute Gasteiger partial charge is 0.157 e. The first kappa shape index (κ1) is 15.2. The molecular formula is C12H12LiO4. The average Bonchev–Trinajstić information content (AvgIpc) is 2.28. The van der Waals surface area contributed by atoms with Crippen LogP contribution in [0.2, 0.25) is 0 Å². The van der Waals surface area contributed by atoms with E-state index in [1.807, 2.05) is 0 Å². The summed E-state index contributed by atoms with van der Waals surface area (Å²) in [5, 5.41) is 34.7. The fourth-order valence-corrected chi connectivity index (χ4v) is 0.928. The molecule has 0 fully saturated rings. The van der Waals surface area contributed by atoms with Crippen LogP contribution >= 0.6 is 0 Å². The number of aromatic hydroxyl groups is 4. The molecule has 4 nitrogen and oxygen atoms in total. The van der Waals surface area contributed by atoms with Gasteiger partial charge in [0.05, 0.1) is 0 Å². The minimum absolute atomic E-state index is 0. The predicted octanol–water partition coefficient (Wildman–Crippen LogP) is 1.81. The van der Waals surface area contributed by atoms with E-state index in [0.717, 1.165) is 0 Å². The van der Waals surface area contributed by atoms with Gasteiger partial charge in [0.15, 0.2) is 23.0 Å². The van der Waals surface area contributed by atoms with Gasteiger partial charge in [-0.05, 0) is 24.3 Å². The summed E-state index contributed by atoms with van der Waals surface area (Å²) >= 11 is 0. The molecule has 2 aromatic carbocycles. The second kappa shape index (κ2) is 7.50. The van der Waals surface area contributed by atoms with Crippen molar-refractivity contribution < 1.29 is 20.4 Å². The van der Waals surface area contributed by atoms with Crippen molar-refractivity contribution in [3.8, 4) is 23.0 Å². The van der Waals surface area contributed by atoms with Crippen molar-refractivity contribution >= 4 is 18.9 Å². The van der Waals surface area contributed by atoms with Crippen LogP contribution in [-0.2, 0) is 0 Å². The molecule has 2 aromatic rings. The Labute approximate surface area is 111 Å². The zero-order valence-electron chi connectivity index (χ0n) is 9.41. The molecule has 0 bridgehead atoms. The Balaban J connectivity index is 0.000000284. The molecular weight excluding hydrogens is 215 g/mol. The number of hydrogen-bond donors (Lipinski definition) is 4. The molecule has 0 aliphatic heterocycles. The summed E-state index contributed by atoms with van der Waals surface area (Å²) in [5.41, 5.74) is 0. The molecule has 0 amide bonds. The van der Waals surface area contributed by atoms with Crippen LogP contribution in [-0.4, -0.2) is 39.3 Å². The number of rotatable bonds is 0. The van der Waals surface area contributed by atoms with Crippen molar-refractivity contribution in [1.82, 2.24) is 0 Å². The van der Waals surface area contributed by atoms with Gasteiger partial charge in [0, 0.05) is 18.9 Å². The van der Waals surface area contributed by atoms with E-state index in [2.05, 4.69) is 0 Å². The van der Waals surface area contributed by atoms with E-state index in [1.54, 1.807) is 24.3 Å². The van der Waals surface area contributed by atoms with Crippen LogP contribution in [0.4, 0.5) is 0 Å². The third kappa shape index (κ3) is 5.21. The molecule has 0 saturated heterocycles. The van der Waals surface area contributed by atoms with E-state index < -0.39 is 0 Å². The van der Waals surface area contributed by atoms with Gasteiger partial charge in [0.1, 0.15) is 0 Å². The Morgan fingerprint density at radius 1 is 0.471 bits per heavy atom. The summed E-state index contributed by atoms with van der Waals surface area (Å²) in [6.07, 6.45) is 0. The summed E-state index contributed by atoms with van der Waals surface area (Å²) in [7, 11) is 0. The molecule has 0 aliphatic rings. The summed E-state index contributed by atoms with van der Waals surface area (Å²) < 4.78 is 0. The standard InChI is InChI=1S/2C6H6O2.Li/c2*7-5-3-1-2-4-6(5)8;/h2*1-4,7-8H;. The third-order valence-corrected chi connectivity index (χ3v) is 1.76. The Kier molecular flexibility index (Phi) is 6.72. The van der Waals surface area contributed by atoms with Gasteiger partial charge in [-0.3, -0.25) is 0 Å². The fourth-order valence-electron chi connectivity index (χ4n) is 0.928. The van der Waals surface area contributed by atoms with Crippen LogP contribution in [0, 0.1) is 0 Å². The first-order valence-corrected chi connectivity index (χ1v) is 4.55. The van der Waals surface area contributed by atoms with Crippen LogP contribution in [0.1, 0.15) is 0 Å². The normalized spacial score (nSPS) is 8.47. The van der Waals surface area contributed by atoms with Crippen LogP contribution in [0.3, 0.4) is 0 Å². The van der Waals surface area contributed by atoms with Gasteiger partial charge < -0.3 is 20.4 Å². The van der Waals surface area contributed by atoms with Gasteiger partial charge in [-0.1, -0.05) is 24.3 Å².